The van der Waals surface area contributed by atoms with Gasteiger partial charge in [-0.25, -0.2) is 18.2 Å². The summed E-state index contributed by atoms with van der Waals surface area (Å²) in [7, 11) is -2.11. The van der Waals surface area contributed by atoms with Gasteiger partial charge in [0.15, 0.2) is 9.84 Å². The van der Waals surface area contributed by atoms with Crippen LogP contribution in [0.3, 0.4) is 0 Å². The Kier molecular flexibility index (Phi) is 3.82. The van der Waals surface area contributed by atoms with Gasteiger partial charge < -0.3 is 14.3 Å². The summed E-state index contributed by atoms with van der Waals surface area (Å²) in [5.74, 6) is -1.87. The van der Waals surface area contributed by atoms with Gasteiger partial charge in [0.25, 0.3) is 0 Å². The molecule has 18 heavy (non-hydrogen) atoms. The molecule has 0 saturated carbocycles. The molecule has 1 rings (SSSR count). The SMILES string of the molecule is COCc1nc(C(C)(C)S(C)(=O)=O)oc1C(=O)O. The Bertz CT molecular complexity index is 557. The number of methoxy groups -OCH3 is 1. The number of hydrogen-bond acceptors (Lipinski definition) is 6. The highest BCUT2D eigenvalue weighted by Gasteiger charge is 2.39. The van der Waals surface area contributed by atoms with Gasteiger partial charge in [-0.2, -0.15) is 0 Å². The Balaban J connectivity index is 3.37. The van der Waals surface area contributed by atoms with Crippen LogP contribution >= 0.6 is 0 Å². The van der Waals surface area contributed by atoms with Crippen LogP contribution in [-0.2, 0) is 25.9 Å². The van der Waals surface area contributed by atoms with Crippen molar-refractivity contribution >= 4 is 15.8 Å². The summed E-state index contributed by atoms with van der Waals surface area (Å²) in [6, 6.07) is 0. The van der Waals surface area contributed by atoms with Crippen molar-refractivity contribution in [1.29, 1.82) is 0 Å². The number of aromatic nitrogens is 1. The van der Waals surface area contributed by atoms with E-state index < -0.39 is 26.3 Å². The van der Waals surface area contributed by atoms with E-state index in [1.165, 1.54) is 21.0 Å². The molecule has 1 aromatic heterocycles. The molecule has 0 aliphatic carbocycles. The molecule has 0 unspecified atom stereocenters. The molecule has 0 saturated heterocycles. The predicted octanol–water partition coefficient (Wildman–Crippen LogP) is 0.799. The quantitative estimate of drug-likeness (QED) is 0.848. The maximum Gasteiger partial charge on any atom is 0.373 e. The number of hydrogen-bond donors (Lipinski definition) is 1. The van der Waals surface area contributed by atoms with Crippen LogP contribution in [0.25, 0.3) is 0 Å². The van der Waals surface area contributed by atoms with E-state index in [-0.39, 0.29) is 18.2 Å². The van der Waals surface area contributed by atoms with Crippen LogP contribution in [0.2, 0.25) is 0 Å². The van der Waals surface area contributed by atoms with Crippen LogP contribution in [0.4, 0.5) is 0 Å². The number of ether oxygens (including phenoxy) is 1. The van der Waals surface area contributed by atoms with Crippen molar-refractivity contribution in [3.63, 3.8) is 0 Å². The Labute approximate surface area is 105 Å². The molecular formula is C10H15NO6S. The highest BCUT2D eigenvalue weighted by Crippen LogP contribution is 2.30. The Morgan fingerprint density at radius 3 is 2.44 bits per heavy atom. The van der Waals surface area contributed by atoms with Gasteiger partial charge in [-0.3, -0.25) is 0 Å². The van der Waals surface area contributed by atoms with E-state index in [9.17, 15) is 13.2 Å². The lowest BCUT2D eigenvalue weighted by molar-refractivity contribution is 0.0652. The minimum atomic E-state index is -3.49. The van der Waals surface area contributed by atoms with Gasteiger partial charge in [-0.15, -0.1) is 0 Å². The molecule has 102 valence electrons. The maximum atomic E-state index is 11.6. The van der Waals surface area contributed by atoms with E-state index in [4.69, 9.17) is 14.3 Å². The average Bonchev–Trinajstić information content (AvgIpc) is 2.61. The minimum absolute atomic E-state index is 0.0645. The third-order valence-electron chi connectivity index (χ3n) is 2.61. The summed E-state index contributed by atoms with van der Waals surface area (Å²) in [5, 5.41) is 8.94. The van der Waals surface area contributed by atoms with Crippen molar-refractivity contribution < 1.29 is 27.5 Å². The highest BCUT2D eigenvalue weighted by molar-refractivity contribution is 7.91. The second-order valence-corrected chi connectivity index (χ2v) is 6.88. The van der Waals surface area contributed by atoms with Crippen molar-refractivity contribution in [3.8, 4) is 0 Å². The highest BCUT2D eigenvalue weighted by atomic mass is 32.2. The van der Waals surface area contributed by atoms with E-state index in [0.717, 1.165) is 6.26 Å². The molecule has 0 aliphatic rings. The molecule has 0 atom stereocenters. The zero-order valence-corrected chi connectivity index (χ0v) is 11.4. The van der Waals surface area contributed by atoms with Gasteiger partial charge in [-0.05, 0) is 13.8 Å². The van der Waals surface area contributed by atoms with Gasteiger partial charge >= 0.3 is 5.97 Å². The largest absolute Gasteiger partial charge is 0.475 e. The lowest BCUT2D eigenvalue weighted by atomic mass is 10.2. The van der Waals surface area contributed by atoms with Crippen molar-refractivity contribution in [3.05, 3.63) is 17.3 Å². The van der Waals surface area contributed by atoms with Gasteiger partial charge in [-0.1, -0.05) is 0 Å². The van der Waals surface area contributed by atoms with Crippen molar-refractivity contribution in [2.45, 2.75) is 25.2 Å². The predicted molar refractivity (Wildman–Crippen MR) is 62.0 cm³/mol. The summed E-state index contributed by atoms with van der Waals surface area (Å²) in [5.41, 5.74) is 0.0664. The number of carbonyl (C=O) groups is 1. The van der Waals surface area contributed by atoms with Crippen LogP contribution in [0.1, 0.15) is 36.0 Å². The van der Waals surface area contributed by atoms with E-state index in [1.54, 1.807) is 0 Å². The number of oxazole rings is 1. The molecule has 1 N–H and O–H groups in total. The van der Waals surface area contributed by atoms with E-state index in [1.807, 2.05) is 0 Å². The summed E-state index contributed by atoms with van der Waals surface area (Å²) >= 11 is 0. The summed E-state index contributed by atoms with van der Waals surface area (Å²) in [6.45, 7) is 2.73. The van der Waals surface area contributed by atoms with Gasteiger partial charge in [0.1, 0.15) is 10.4 Å². The fourth-order valence-electron chi connectivity index (χ4n) is 1.17. The first-order valence-electron chi connectivity index (χ1n) is 5.03. The molecule has 0 fully saturated rings. The third kappa shape index (κ3) is 2.54. The van der Waals surface area contributed by atoms with Crippen LogP contribution in [0.15, 0.2) is 4.42 Å². The van der Waals surface area contributed by atoms with Crippen LogP contribution in [0.5, 0.6) is 0 Å². The smallest absolute Gasteiger partial charge is 0.373 e. The van der Waals surface area contributed by atoms with E-state index in [2.05, 4.69) is 4.98 Å². The molecule has 1 heterocycles. The summed E-state index contributed by atoms with van der Waals surface area (Å²) in [6.07, 6.45) is 1.04. The van der Waals surface area contributed by atoms with Crippen LogP contribution in [0, 0.1) is 0 Å². The molecule has 0 spiro atoms. The molecule has 0 aliphatic heterocycles. The zero-order valence-electron chi connectivity index (χ0n) is 10.6. The number of carboxylic acid groups (broad SMARTS) is 1. The molecule has 0 amide bonds. The second kappa shape index (κ2) is 4.69. The summed E-state index contributed by atoms with van der Waals surface area (Å²) < 4.78 is 31.7. The zero-order chi connectivity index (χ0) is 14.1. The van der Waals surface area contributed by atoms with Gasteiger partial charge in [0.05, 0.1) is 6.61 Å². The standard InChI is InChI=1S/C10H15NO6S/c1-10(2,18(4,14)15)9-11-6(5-16-3)7(17-9)8(12)13/h5H2,1-4H3,(H,12,13). The van der Waals surface area contributed by atoms with Crippen molar-refractivity contribution in [2.75, 3.05) is 13.4 Å². The molecule has 1 aromatic rings. The molecular weight excluding hydrogens is 262 g/mol. The topological polar surface area (TPSA) is 107 Å². The molecule has 7 nitrogen and oxygen atoms in total. The van der Waals surface area contributed by atoms with Crippen molar-refractivity contribution in [1.82, 2.24) is 4.98 Å². The molecule has 0 bridgehead atoms. The normalized spacial score (nSPS) is 12.7. The average molecular weight is 277 g/mol. The number of rotatable bonds is 5. The third-order valence-corrected chi connectivity index (χ3v) is 4.64. The van der Waals surface area contributed by atoms with E-state index >= 15 is 0 Å². The first kappa shape index (κ1) is 14.7. The molecule has 8 heteroatoms. The summed E-state index contributed by atoms with van der Waals surface area (Å²) in [4.78, 5) is 14.9. The number of nitrogens with zero attached hydrogens (tertiary/aromatic N) is 1. The van der Waals surface area contributed by atoms with E-state index in [0.29, 0.717) is 0 Å². The van der Waals surface area contributed by atoms with Gasteiger partial charge in [0.2, 0.25) is 11.7 Å². The fourth-order valence-corrected chi connectivity index (χ4v) is 1.57. The van der Waals surface area contributed by atoms with Crippen molar-refractivity contribution in [2.24, 2.45) is 0 Å². The second-order valence-electron chi connectivity index (χ2n) is 4.32. The van der Waals surface area contributed by atoms with Crippen LogP contribution < -0.4 is 0 Å². The first-order chi connectivity index (χ1) is 8.11. The molecule has 0 aromatic carbocycles. The minimum Gasteiger partial charge on any atom is -0.475 e. The lowest BCUT2D eigenvalue weighted by Crippen LogP contribution is -2.28. The monoisotopic (exact) mass is 277 g/mol. The fraction of sp³-hybridized carbons (Fsp3) is 0.600. The number of aromatic carboxylic acids is 1. The van der Waals surface area contributed by atoms with Gasteiger partial charge in [0, 0.05) is 13.4 Å². The van der Waals surface area contributed by atoms with Crippen LogP contribution in [-0.4, -0.2) is 37.8 Å². The Morgan fingerprint density at radius 1 is 1.50 bits per heavy atom. The first-order valence-corrected chi connectivity index (χ1v) is 6.92. The Morgan fingerprint density at radius 2 is 2.06 bits per heavy atom. The number of carboxylic acids is 1. The molecule has 0 radical (unpaired) electrons. The number of sulfone groups is 1. The maximum absolute atomic E-state index is 11.6. The lowest BCUT2D eigenvalue weighted by Gasteiger charge is -2.17. The Hall–Kier alpha value is -1.41.